The molecule has 0 amide bonds. The van der Waals surface area contributed by atoms with Crippen molar-refractivity contribution in [2.75, 3.05) is 0 Å². The van der Waals surface area contributed by atoms with E-state index in [0.29, 0.717) is 18.1 Å². The van der Waals surface area contributed by atoms with Gasteiger partial charge in [-0.05, 0) is 48.4 Å². The van der Waals surface area contributed by atoms with E-state index in [-0.39, 0.29) is 0 Å². The number of carbonyl (C=O) groups excluding carboxylic acids is 1. The van der Waals surface area contributed by atoms with Gasteiger partial charge in [-0.3, -0.25) is 0 Å². The Balaban J connectivity index is 2.36. The van der Waals surface area contributed by atoms with Gasteiger partial charge >= 0.3 is 0 Å². The zero-order valence-electron chi connectivity index (χ0n) is 8.07. The molecule has 1 N–H and O–H groups in total. The number of aryl methyl sites for hydroxylation is 1. The number of hydrogen-bond acceptors (Lipinski definition) is 2. The van der Waals surface area contributed by atoms with Crippen molar-refractivity contribution in [3.63, 3.8) is 0 Å². The van der Waals surface area contributed by atoms with Crippen LogP contribution in [-0.4, -0.2) is 11.4 Å². The third-order valence-corrected chi connectivity index (χ3v) is 2.95. The number of benzene rings is 1. The minimum atomic E-state index is 0.307. The van der Waals surface area contributed by atoms with E-state index in [9.17, 15) is 9.90 Å². The van der Waals surface area contributed by atoms with Gasteiger partial charge < -0.3 is 9.90 Å². The summed E-state index contributed by atoms with van der Waals surface area (Å²) in [7, 11) is 0. The Hall–Kier alpha value is -1.31. The zero-order chi connectivity index (χ0) is 9.97. The molecule has 0 spiro atoms. The van der Waals surface area contributed by atoms with Crippen LogP contribution in [0, 0.1) is 0 Å². The second kappa shape index (κ2) is 3.82. The largest absolute Gasteiger partial charge is 0.508 e. The molecule has 14 heavy (non-hydrogen) atoms. The molecular formula is C12H14O2. The summed E-state index contributed by atoms with van der Waals surface area (Å²) in [6.45, 7) is 0. The average molecular weight is 190 g/mol. The molecule has 1 aromatic carbocycles. The normalized spacial score (nSPS) is 20.1. The van der Waals surface area contributed by atoms with Crippen molar-refractivity contribution in [1.29, 1.82) is 0 Å². The lowest BCUT2D eigenvalue weighted by Crippen LogP contribution is -2.09. The van der Waals surface area contributed by atoms with Gasteiger partial charge in [-0.15, -0.1) is 0 Å². The van der Waals surface area contributed by atoms with E-state index in [0.717, 1.165) is 25.5 Å². The van der Waals surface area contributed by atoms with Crippen molar-refractivity contribution >= 4 is 6.29 Å². The van der Waals surface area contributed by atoms with Crippen LogP contribution < -0.4 is 0 Å². The van der Waals surface area contributed by atoms with Crippen molar-refractivity contribution in [1.82, 2.24) is 0 Å². The first-order valence-electron chi connectivity index (χ1n) is 5.06. The minimum absolute atomic E-state index is 0.307. The number of phenols is 1. The zero-order valence-corrected chi connectivity index (χ0v) is 8.07. The summed E-state index contributed by atoms with van der Waals surface area (Å²) < 4.78 is 0. The molecule has 1 aliphatic rings. The summed E-state index contributed by atoms with van der Waals surface area (Å²) in [5.41, 5.74) is 2.46. The molecule has 0 aromatic heterocycles. The maximum Gasteiger partial charge on any atom is 0.120 e. The highest BCUT2D eigenvalue weighted by Crippen LogP contribution is 2.35. The van der Waals surface area contributed by atoms with Crippen molar-refractivity contribution in [2.45, 2.75) is 31.6 Å². The van der Waals surface area contributed by atoms with Crippen LogP contribution in [0.15, 0.2) is 18.2 Å². The molecule has 0 bridgehead atoms. The van der Waals surface area contributed by atoms with Crippen LogP contribution in [0.2, 0.25) is 0 Å². The van der Waals surface area contributed by atoms with Gasteiger partial charge in [0.15, 0.2) is 0 Å². The summed E-state index contributed by atoms with van der Waals surface area (Å²) in [4.78, 5) is 10.5. The molecule has 0 heterocycles. The van der Waals surface area contributed by atoms with E-state index in [1.54, 1.807) is 6.07 Å². The Bertz CT molecular complexity index is 344. The fourth-order valence-corrected chi connectivity index (χ4v) is 2.25. The molecule has 2 rings (SSSR count). The summed E-state index contributed by atoms with van der Waals surface area (Å²) >= 11 is 0. The molecule has 0 aliphatic heterocycles. The van der Waals surface area contributed by atoms with Crippen LogP contribution in [0.3, 0.4) is 0 Å². The predicted molar refractivity (Wildman–Crippen MR) is 54.5 cm³/mol. The van der Waals surface area contributed by atoms with Crippen molar-refractivity contribution in [3.05, 3.63) is 29.3 Å². The lowest BCUT2D eigenvalue weighted by Gasteiger charge is -2.23. The number of carbonyl (C=O) groups is 1. The Labute approximate surface area is 83.6 Å². The molecular weight excluding hydrogens is 176 g/mol. The second-order valence-electron chi connectivity index (χ2n) is 3.87. The molecule has 1 aliphatic carbocycles. The fraction of sp³-hybridized carbons (Fsp3) is 0.417. The van der Waals surface area contributed by atoms with E-state index in [1.807, 2.05) is 12.1 Å². The maximum absolute atomic E-state index is 10.5. The molecule has 2 nitrogen and oxygen atoms in total. The van der Waals surface area contributed by atoms with E-state index in [1.165, 1.54) is 11.1 Å². The van der Waals surface area contributed by atoms with Crippen molar-refractivity contribution < 1.29 is 9.90 Å². The fourth-order valence-electron chi connectivity index (χ4n) is 2.25. The van der Waals surface area contributed by atoms with Gasteiger partial charge in [0, 0.05) is 6.42 Å². The van der Waals surface area contributed by atoms with Gasteiger partial charge in [-0.25, -0.2) is 0 Å². The Morgan fingerprint density at radius 2 is 2.36 bits per heavy atom. The Morgan fingerprint density at radius 3 is 3.14 bits per heavy atom. The van der Waals surface area contributed by atoms with Crippen LogP contribution in [-0.2, 0) is 11.2 Å². The monoisotopic (exact) mass is 190 g/mol. The van der Waals surface area contributed by atoms with Crippen LogP contribution >= 0.6 is 0 Å². The van der Waals surface area contributed by atoms with Gasteiger partial charge in [-0.2, -0.15) is 0 Å². The number of fused-ring (bicyclic) bond motifs is 1. The van der Waals surface area contributed by atoms with E-state index < -0.39 is 0 Å². The summed E-state index contributed by atoms with van der Waals surface area (Å²) in [5.74, 6) is 0.630. The topological polar surface area (TPSA) is 37.3 Å². The van der Waals surface area contributed by atoms with Crippen LogP contribution in [0.1, 0.15) is 36.3 Å². The lowest BCUT2D eigenvalue weighted by molar-refractivity contribution is -0.108. The summed E-state index contributed by atoms with van der Waals surface area (Å²) in [5, 5.41) is 9.39. The molecule has 0 saturated heterocycles. The van der Waals surface area contributed by atoms with Crippen molar-refractivity contribution in [2.24, 2.45) is 0 Å². The second-order valence-corrected chi connectivity index (χ2v) is 3.87. The number of aromatic hydroxyl groups is 1. The number of phenolic OH excluding ortho intramolecular Hbond substituents is 1. The highest BCUT2D eigenvalue weighted by molar-refractivity contribution is 5.53. The summed E-state index contributed by atoms with van der Waals surface area (Å²) in [6.07, 6.45) is 4.84. The van der Waals surface area contributed by atoms with Crippen LogP contribution in [0.5, 0.6) is 5.75 Å². The van der Waals surface area contributed by atoms with Gasteiger partial charge in [-0.1, -0.05) is 6.07 Å². The number of aldehydes is 1. The molecule has 0 fully saturated rings. The third kappa shape index (κ3) is 1.65. The molecule has 1 aromatic rings. The first-order valence-corrected chi connectivity index (χ1v) is 5.06. The van der Waals surface area contributed by atoms with E-state index in [4.69, 9.17) is 0 Å². The average Bonchev–Trinajstić information content (AvgIpc) is 2.19. The van der Waals surface area contributed by atoms with Crippen LogP contribution in [0.4, 0.5) is 0 Å². The summed E-state index contributed by atoms with van der Waals surface area (Å²) in [6, 6.07) is 5.51. The molecule has 74 valence electrons. The van der Waals surface area contributed by atoms with Crippen molar-refractivity contribution in [3.8, 4) is 5.75 Å². The molecule has 2 heteroatoms. The standard InChI is InChI=1S/C12H14O2/c13-7-6-10-3-1-2-9-4-5-11(14)8-12(9)10/h4-5,7-8,10,14H,1-3,6H2. The minimum Gasteiger partial charge on any atom is -0.508 e. The highest BCUT2D eigenvalue weighted by atomic mass is 16.3. The number of hydrogen-bond donors (Lipinski definition) is 1. The lowest BCUT2D eigenvalue weighted by atomic mass is 9.81. The third-order valence-electron chi connectivity index (χ3n) is 2.95. The SMILES string of the molecule is O=CCC1CCCc2ccc(O)cc21. The quantitative estimate of drug-likeness (QED) is 0.727. The number of rotatable bonds is 2. The van der Waals surface area contributed by atoms with Gasteiger partial charge in [0.05, 0.1) is 0 Å². The molecule has 1 atom stereocenters. The predicted octanol–water partition coefficient (Wildman–Crippen LogP) is 2.40. The van der Waals surface area contributed by atoms with E-state index in [2.05, 4.69) is 0 Å². The van der Waals surface area contributed by atoms with Crippen LogP contribution in [0.25, 0.3) is 0 Å². The van der Waals surface area contributed by atoms with Gasteiger partial charge in [0.25, 0.3) is 0 Å². The maximum atomic E-state index is 10.5. The molecule has 0 radical (unpaired) electrons. The first kappa shape index (κ1) is 9.25. The molecule has 0 saturated carbocycles. The Morgan fingerprint density at radius 1 is 1.50 bits per heavy atom. The van der Waals surface area contributed by atoms with Gasteiger partial charge in [0.2, 0.25) is 0 Å². The Kier molecular flexibility index (Phi) is 2.53. The first-order chi connectivity index (χ1) is 6.81. The van der Waals surface area contributed by atoms with Gasteiger partial charge in [0.1, 0.15) is 12.0 Å². The highest BCUT2D eigenvalue weighted by Gasteiger charge is 2.19. The van der Waals surface area contributed by atoms with E-state index >= 15 is 0 Å². The molecule has 1 unspecified atom stereocenters. The smallest absolute Gasteiger partial charge is 0.120 e.